The Bertz CT molecular complexity index is 236. The second-order valence-electron chi connectivity index (χ2n) is 3.83. The summed E-state index contributed by atoms with van der Waals surface area (Å²) in [5.41, 5.74) is 5.64. The van der Waals surface area contributed by atoms with E-state index in [9.17, 15) is 4.79 Å². The molecule has 0 aromatic rings. The zero-order valence-corrected chi connectivity index (χ0v) is 9.06. The van der Waals surface area contributed by atoms with Crippen LogP contribution in [0.4, 0.5) is 0 Å². The van der Waals surface area contributed by atoms with Gasteiger partial charge in [-0.15, -0.1) is 13.2 Å². The lowest BCUT2D eigenvalue weighted by Crippen LogP contribution is -2.58. The molecule has 1 rings (SSSR count). The van der Waals surface area contributed by atoms with E-state index in [0.29, 0.717) is 19.6 Å². The van der Waals surface area contributed by atoms with E-state index in [1.165, 1.54) is 0 Å². The molecule has 0 aromatic carbocycles. The first-order valence-corrected chi connectivity index (χ1v) is 5.15. The minimum absolute atomic E-state index is 0.113. The van der Waals surface area contributed by atoms with Crippen LogP contribution in [0.1, 0.15) is 0 Å². The van der Waals surface area contributed by atoms with Gasteiger partial charge in [0, 0.05) is 32.2 Å². The van der Waals surface area contributed by atoms with Crippen LogP contribution in [0.5, 0.6) is 0 Å². The molecule has 0 aliphatic carbocycles. The summed E-state index contributed by atoms with van der Waals surface area (Å²) in [6.07, 6.45) is 3.45. The van der Waals surface area contributed by atoms with Gasteiger partial charge in [-0.05, 0) is 0 Å². The Morgan fingerprint density at radius 1 is 1.40 bits per heavy atom. The highest BCUT2D eigenvalue weighted by Crippen LogP contribution is 2.05. The lowest BCUT2D eigenvalue weighted by atomic mass is 10.1. The summed E-state index contributed by atoms with van der Waals surface area (Å²) in [5.74, 6) is 0.113. The standard InChI is InChI=1S/C11H19N3O/c1-3-5-14(6-4-2)11(15)9-13-7-10(12)8-13/h3-4,10H,1-2,5-9,12H2. The Morgan fingerprint density at radius 2 is 1.93 bits per heavy atom. The molecule has 84 valence electrons. The molecule has 0 atom stereocenters. The van der Waals surface area contributed by atoms with Gasteiger partial charge >= 0.3 is 0 Å². The average Bonchev–Trinajstić information content (AvgIpc) is 2.15. The van der Waals surface area contributed by atoms with Gasteiger partial charge in [-0.3, -0.25) is 9.69 Å². The molecular formula is C11H19N3O. The molecule has 4 heteroatoms. The summed E-state index contributed by atoms with van der Waals surface area (Å²) < 4.78 is 0. The number of nitrogens with two attached hydrogens (primary N) is 1. The van der Waals surface area contributed by atoms with E-state index in [2.05, 4.69) is 13.2 Å². The van der Waals surface area contributed by atoms with Gasteiger partial charge in [0.25, 0.3) is 0 Å². The van der Waals surface area contributed by atoms with E-state index in [4.69, 9.17) is 5.73 Å². The highest BCUT2D eigenvalue weighted by molar-refractivity contribution is 5.78. The monoisotopic (exact) mass is 209 g/mol. The second-order valence-corrected chi connectivity index (χ2v) is 3.83. The Morgan fingerprint density at radius 3 is 2.33 bits per heavy atom. The lowest BCUT2D eigenvalue weighted by molar-refractivity contribution is -0.132. The molecule has 15 heavy (non-hydrogen) atoms. The van der Waals surface area contributed by atoms with Crippen LogP contribution in [0.15, 0.2) is 25.3 Å². The Balaban J connectivity index is 2.34. The van der Waals surface area contributed by atoms with Gasteiger partial charge in [-0.1, -0.05) is 12.2 Å². The van der Waals surface area contributed by atoms with E-state index >= 15 is 0 Å². The van der Waals surface area contributed by atoms with Crippen molar-refractivity contribution in [1.82, 2.24) is 9.80 Å². The minimum Gasteiger partial charge on any atom is -0.334 e. The Labute approximate surface area is 91.0 Å². The van der Waals surface area contributed by atoms with Crippen molar-refractivity contribution in [1.29, 1.82) is 0 Å². The van der Waals surface area contributed by atoms with Crippen LogP contribution in [0.25, 0.3) is 0 Å². The zero-order chi connectivity index (χ0) is 11.3. The summed E-state index contributed by atoms with van der Waals surface area (Å²) >= 11 is 0. The normalized spacial score (nSPS) is 16.9. The van der Waals surface area contributed by atoms with Crippen molar-refractivity contribution < 1.29 is 4.79 Å². The van der Waals surface area contributed by atoms with Crippen molar-refractivity contribution >= 4 is 5.91 Å². The van der Waals surface area contributed by atoms with Crippen LogP contribution < -0.4 is 5.73 Å². The van der Waals surface area contributed by atoms with Crippen LogP contribution in [-0.2, 0) is 4.79 Å². The third-order valence-electron chi connectivity index (χ3n) is 2.40. The fourth-order valence-corrected chi connectivity index (χ4v) is 1.62. The molecule has 0 spiro atoms. The summed E-state index contributed by atoms with van der Waals surface area (Å²) in [4.78, 5) is 15.6. The first-order valence-electron chi connectivity index (χ1n) is 5.15. The summed E-state index contributed by atoms with van der Waals surface area (Å²) in [6, 6.07) is 0.241. The van der Waals surface area contributed by atoms with Crippen molar-refractivity contribution in [3.63, 3.8) is 0 Å². The van der Waals surface area contributed by atoms with Crippen LogP contribution in [0.3, 0.4) is 0 Å². The van der Waals surface area contributed by atoms with Gasteiger partial charge in [0.2, 0.25) is 5.91 Å². The van der Waals surface area contributed by atoms with Gasteiger partial charge in [0.1, 0.15) is 0 Å². The van der Waals surface area contributed by atoms with E-state index in [1.54, 1.807) is 17.1 Å². The largest absolute Gasteiger partial charge is 0.334 e. The summed E-state index contributed by atoms with van der Waals surface area (Å²) in [6.45, 7) is 10.5. The van der Waals surface area contributed by atoms with Crippen LogP contribution >= 0.6 is 0 Å². The maximum absolute atomic E-state index is 11.8. The number of rotatable bonds is 6. The molecule has 1 saturated heterocycles. The van der Waals surface area contributed by atoms with Crippen molar-refractivity contribution in [3.8, 4) is 0 Å². The van der Waals surface area contributed by atoms with Crippen LogP contribution in [0, 0.1) is 0 Å². The fraction of sp³-hybridized carbons (Fsp3) is 0.545. The Kier molecular flexibility index (Phi) is 4.52. The fourth-order valence-electron chi connectivity index (χ4n) is 1.62. The van der Waals surface area contributed by atoms with Crippen molar-refractivity contribution in [3.05, 3.63) is 25.3 Å². The predicted molar refractivity (Wildman–Crippen MR) is 61.4 cm³/mol. The maximum atomic E-state index is 11.8. The molecule has 1 fully saturated rings. The van der Waals surface area contributed by atoms with Gasteiger partial charge < -0.3 is 10.6 Å². The predicted octanol–water partition coefficient (Wildman–Crippen LogP) is -0.170. The highest BCUT2D eigenvalue weighted by Gasteiger charge is 2.26. The highest BCUT2D eigenvalue weighted by atomic mass is 16.2. The molecule has 0 saturated carbocycles. The number of nitrogens with zero attached hydrogens (tertiary/aromatic N) is 2. The maximum Gasteiger partial charge on any atom is 0.237 e. The van der Waals surface area contributed by atoms with Crippen molar-refractivity contribution in [2.24, 2.45) is 5.73 Å². The molecule has 1 aliphatic heterocycles. The molecule has 1 heterocycles. The topological polar surface area (TPSA) is 49.6 Å². The minimum atomic E-state index is 0.113. The van der Waals surface area contributed by atoms with Crippen LogP contribution in [-0.4, -0.2) is 54.5 Å². The SMILES string of the molecule is C=CCN(CC=C)C(=O)CN1CC(N)C1. The third kappa shape index (κ3) is 3.49. The van der Waals surface area contributed by atoms with Crippen molar-refractivity contribution in [2.45, 2.75) is 6.04 Å². The number of hydrogen-bond donors (Lipinski definition) is 1. The average molecular weight is 209 g/mol. The van der Waals surface area contributed by atoms with Gasteiger partial charge in [-0.25, -0.2) is 0 Å². The number of hydrogen-bond acceptors (Lipinski definition) is 3. The quantitative estimate of drug-likeness (QED) is 0.618. The number of likely N-dealkylation sites (tertiary alicyclic amines) is 1. The zero-order valence-electron chi connectivity index (χ0n) is 9.06. The molecule has 2 N–H and O–H groups in total. The summed E-state index contributed by atoms with van der Waals surface area (Å²) in [5, 5.41) is 0. The summed E-state index contributed by atoms with van der Waals surface area (Å²) in [7, 11) is 0. The van der Waals surface area contributed by atoms with E-state index in [1.807, 2.05) is 4.90 Å². The number of carbonyl (C=O) groups excluding carboxylic acids is 1. The molecule has 1 amide bonds. The van der Waals surface area contributed by atoms with E-state index in [-0.39, 0.29) is 11.9 Å². The molecule has 1 aliphatic rings. The molecular weight excluding hydrogens is 190 g/mol. The lowest BCUT2D eigenvalue weighted by Gasteiger charge is -2.37. The third-order valence-corrected chi connectivity index (χ3v) is 2.40. The molecule has 0 radical (unpaired) electrons. The van der Waals surface area contributed by atoms with E-state index in [0.717, 1.165) is 13.1 Å². The van der Waals surface area contributed by atoms with Gasteiger partial charge in [-0.2, -0.15) is 0 Å². The molecule has 0 bridgehead atoms. The van der Waals surface area contributed by atoms with Crippen LogP contribution in [0.2, 0.25) is 0 Å². The first kappa shape index (κ1) is 11.9. The molecule has 0 aromatic heterocycles. The second kappa shape index (κ2) is 5.68. The first-order chi connectivity index (χ1) is 7.17. The van der Waals surface area contributed by atoms with E-state index < -0.39 is 0 Å². The van der Waals surface area contributed by atoms with Crippen molar-refractivity contribution in [2.75, 3.05) is 32.7 Å². The number of carbonyl (C=O) groups is 1. The Hall–Kier alpha value is -1.13. The molecule has 4 nitrogen and oxygen atoms in total. The smallest absolute Gasteiger partial charge is 0.237 e. The van der Waals surface area contributed by atoms with Gasteiger partial charge in [0.15, 0.2) is 0 Å². The number of amides is 1. The molecule has 0 unspecified atom stereocenters. The van der Waals surface area contributed by atoms with Gasteiger partial charge in [0.05, 0.1) is 6.54 Å².